The standard InChI is InChI=1S/C17H22N4O3S/c22-16(17(23)19-15-5-9-24-20-15)18-11-14(13-6-10-25-12-13)21-7-3-1-2-4-8-21/h5-6,9-10,12,14H,1-4,7-8,11H2,(H,18,22)(H,19,20,23)/t14-/m0/s1. The molecule has 134 valence electrons. The SMILES string of the molecule is O=C(NC[C@@H](c1ccsc1)N1CCCCCC1)C(=O)Nc1ccon1. The molecule has 0 saturated carbocycles. The van der Waals surface area contributed by atoms with Crippen molar-refractivity contribution in [1.82, 2.24) is 15.4 Å². The van der Waals surface area contributed by atoms with Crippen LogP contribution in [0.1, 0.15) is 37.3 Å². The number of aromatic nitrogens is 1. The minimum absolute atomic E-state index is 0.0909. The quantitative estimate of drug-likeness (QED) is 0.798. The van der Waals surface area contributed by atoms with Crippen LogP contribution in [0.15, 0.2) is 33.7 Å². The van der Waals surface area contributed by atoms with Gasteiger partial charge in [-0.2, -0.15) is 11.3 Å². The molecule has 2 aromatic heterocycles. The molecule has 2 aromatic rings. The summed E-state index contributed by atoms with van der Waals surface area (Å²) in [5, 5.41) is 12.9. The number of hydrogen-bond donors (Lipinski definition) is 2. The van der Waals surface area contributed by atoms with Crippen molar-refractivity contribution < 1.29 is 14.1 Å². The molecule has 1 atom stereocenters. The van der Waals surface area contributed by atoms with Gasteiger partial charge in [0, 0.05) is 12.6 Å². The molecule has 8 heteroatoms. The number of nitrogens with one attached hydrogen (secondary N) is 2. The van der Waals surface area contributed by atoms with Crippen molar-refractivity contribution in [3.63, 3.8) is 0 Å². The number of thiophene rings is 1. The lowest BCUT2D eigenvalue weighted by atomic mass is 10.1. The van der Waals surface area contributed by atoms with Crippen LogP contribution in [-0.4, -0.2) is 41.5 Å². The van der Waals surface area contributed by atoms with Gasteiger partial charge in [0.2, 0.25) is 0 Å². The highest BCUT2D eigenvalue weighted by Crippen LogP contribution is 2.25. The van der Waals surface area contributed by atoms with E-state index in [1.165, 1.54) is 43.6 Å². The summed E-state index contributed by atoms with van der Waals surface area (Å²) in [7, 11) is 0. The lowest BCUT2D eigenvalue weighted by molar-refractivity contribution is -0.136. The Morgan fingerprint density at radius 3 is 2.64 bits per heavy atom. The molecule has 0 bridgehead atoms. The van der Waals surface area contributed by atoms with Gasteiger partial charge in [0.25, 0.3) is 0 Å². The first-order chi connectivity index (χ1) is 12.2. The molecule has 3 heterocycles. The summed E-state index contributed by atoms with van der Waals surface area (Å²) in [6.45, 7) is 2.44. The van der Waals surface area contributed by atoms with Gasteiger partial charge in [0.05, 0.1) is 6.04 Å². The number of nitrogens with zero attached hydrogens (tertiary/aromatic N) is 2. The molecule has 1 aliphatic heterocycles. The Balaban J connectivity index is 1.60. The Hall–Kier alpha value is -2.19. The van der Waals surface area contributed by atoms with Crippen LogP contribution >= 0.6 is 11.3 Å². The van der Waals surface area contributed by atoms with Gasteiger partial charge in [0.15, 0.2) is 5.82 Å². The molecule has 1 aliphatic rings. The van der Waals surface area contributed by atoms with Crippen molar-refractivity contribution in [1.29, 1.82) is 0 Å². The third-order valence-corrected chi connectivity index (χ3v) is 5.05. The van der Waals surface area contributed by atoms with Crippen LogP contribution in [-0.2, 0) is 9.59 Å². The summed E-state index contributed by atoms with van der Waals surface area (Å²) in [5.74, 6) is -1.19. The average Bonchev–Trinajstić information content (AvgIpc) is 3.25. The zero-order chi connectivity index (χ0) is 17.5. The number of carbonyl (C=O) groups is 2. The average molecular weight is 362 g/mol. The molecular formula is C17H22N4O3S. The van der Waals surface area contributed by atoms with Gasteiger partial charge in [-0.05, 0) is 48.3 Å². The first-order valence-corrected chi connectivity index (χ1v) is 9.44. The molecule has 25 heavy (non-hydrogen) atoms. The van der Waals surface area contributed by atoms with Crippen LogP contribution in [0.25, 0.3) is 0 Å². The predicted octanol–water partition coefficient (Wildman–Crippen LogP) is 2.41. The van der Waals surface area contributed by atoms with E-state index in [4.69, 9.17) is 0 Å². The zero-order valence-corrected chi connectivity index (χ0v) is 14.8. The van der Waals surface area contributed by atoms with E-state index in [9.17, 15) is 9.59 Å². The molecule has 0 spiro atoms. The molecule has 7 nitrogen and oxygen atoms in total. The Labute approximate surface area is 150 Å². The van der Waals surface area contributed by atoms with Crippen LogP contribution in [0.3, 0.4) is 0 Å². The number of rotatable bonds is 5. The fraction of sp³-hybridized carbons (Fsp3) is 0.471. The number of carbonyl (C=O) groups excluding carboxylic acids is 2. The third-order valence-electron chi connectivity index (χ3n) is 4.35. The topological polar surface area (TPSA) is 87.5 Å². The summed E-state index contributed by atoms with van der Waals surface area (Å²) >= 11 is 1.64. The third kappa shape index (κ3) is 4.90. The molecule has 2 N–H and O–H groups in total. The van der Waals surface area contributed by atoms with Gasteiger partial charge >= 0.3 is 11.8 Å². The summed E-state index contributed by atoms with van der Waals surface area (Å²) in [6, 6.07) is 3.66. The normalized spacial score (nSPS) is 16.8. The molecule has 0 unspecified atom stereocenters. The van der Waals surface area contributed by atoms with Crippen LogP contribution in [0.2, 0.25) is 0 Å². The highest BCUT2D eigenvalue weighted by atomic mass is 32.1. The summed E-state index contributed by atoms with van der Waals surface area (Å²) < 4.78 is 4.63. The minimum Gasteiger partial charge on any atom is -0.363 e. The van der Waals surface area contributed by atoms with Crippen LogP contribution < -0.4 is 10.6 Å². The van der Waals surface area contributed by atoms with E-state index >= 15 is 0 Å². The second-order valence-electron chi connectivity index (χ2n) is 6.07. The first-order valence-electron chi connectivity index (χ1n) is 8.50. The Morgan fingerprint density at radius 2 is 2.00 bits per heavy atom. The molecule has 0 radical (unpaired) electrons. The molecular weight excluding hydrogens is 340 g/mol. The zero-order valence-electron chi connectivity index (χ0n) is 13.9. The largest absolute Gasteiger partial charge is 0.363 e. The van der Waals surface area contributed by atoms with Crippen LogP contribution in [0.4, 0.5) is 5.82 Å². The monoisotopic (exact) mass is 362 g/mol. The highest BCUT2D eigenvalue weighted by molar-refractivity contribution is 7.07. The van der Waals surface area contributed by atoms with E-state index in [0.29, 0.717) is 6.54 Å². The van der Waals surface area contributed by atoms with Crippen LogP contribution in [0.5, 0.6) is 0 Å². The lowest BCUT2D eigenvalue weighted by Gasteiger charge is -2.30. The second-order valence-corrected chi connectivity index (χ2v) is 6.85. The summed E-state index contributed by atoms with van der Waals surface area (Å²) in [5.41, 5.74) is 1.18. The van der Waals surface area contributed by atoms with E-state index in [-0.39, 0.29) is 11.9 Å². The second kappa shape index (κ2) is 8.77. The molecule has 0 aromatic carbocycles. The first kappa shape index (κ1) is 17.6. The van der Waals surface area contributed by atoms with Crippen molar-refractivity contribution in [2.75, 3.05) is 25.0 Å². The lowest BCUT2D eigenvalue weighted by Crippen LogP contribution is -2.42. The Bertz CT molecular complexity index is 664. The van der Waals surface area contributed by atoms with Crippen molar-refractivity contribution in [2.24, 2.45) is 0 Å². The van der Waals surface area contributed by atoms with E-state index in [1.54, 1.807) is 11.3 Å². The maximum absolute atomic E-state index is 12.1. The minimum atomic E-state index is -0.742. The van der Waals surface area contributed by atoms with Gasteiger partial charge in [-0.3, -0.25) is 19.8 Å². The van der Waals surface area contributed by atoms with Crippen molar-refractivity contribution in [3.8, 4) is 0 Å². The highest BCUT2D eigenvalue weighted by Gasteiger charge is 2.24. The van der Waals surface area contributed by atoms with Gasteiger partial charge in [-0.25, -0.2) is 0 Å². The van der Waals surface area contributed by atoms with Crippen molar-refractivity contribution >= 4 is 29.0 Å². The predicted molar refractivity (Wildman–Crippen MR) is 95.2 cm³/mol. The number of anilines is 1. The van der Waals surface area contributed by atoms with Crippen molar-refractivity contribution in [2.45, 2.75) is 31.7 Å². The van der Waals surface area contributed by atoms with Gasteiger partial charge in [0.1, 0.15) is 6.26 Å². The molecule has 3 rings (SSSR count). The summed E-state index contributed by atoms with van der Waals surface area (Å²) in [6.07, 6.45) is 6.17. The Morgan fingerprint density at radius 1 is 1.20 bits per heavy atom. The number of amides is 2. The van der Waals surface area contributed by atoms with E-state index < -0.39 is 11.8 Å². The smallest absolute Gasteiger partial charge is 0.314 e. The van der Waals surface area contributed by atoms with Gasteiger partial charge in [-0.15, -0.1) is 0 Å². The van der Waals surface area contributed by atoms with E-state index in [0.717, 1.165) is 13.1 Å². The van der Waals surface area contributed by atoms with Crippen LogP contribution in [0, 0.1) is 0 Å². The van der Waals surface area contributed by atoms with E-state index in [1.807, 2.05) is 5.38 Å². The van der Waals surface area contributed by atoms with E-state index in [2.05, 4.69) is 36.7 Å². The fourth-order valence-electron chi connectivity index (χ4n) is 3.05. The molecule has 1 fully saturated rings. The number of likely N-dealkylation sites (tertiary alicyclic amines) is 1. The number of hydrogen-bond acceptors (Lipinski definition) is 6. The molecule has 0 aliphatic carbocycles. The maximum atomic E-state index is 12.1. The molecule has 2 amide bonds. The van der Waals surface area contributed by atoms with Gasteiger partial charge in [-0.1, -0.05) is 18.0 Å². The van der Waals surface area contributed by atoms with Crippen molar-refractivity contribution in [3.05, 3.63) is 34.7 Å². The maximum Gasteiger partial charge on any atom is 0.314 e. The fourth-order valence-corrected chi connectivity index (χ4v) is 3.76. The Kier molecular flexibility index (Phi) is 6.19. The summed E-state index contributed by atoms with van der Waals surface area (Å²) in [4.78, 5) is 26.4. The van der Waals surface area contributed by atoms with Gasteiger partial charge < -0.3 is 9.84 Å². The molecule has 1 saturated heterocycles.